The van der Waals surface area contributed by atoms with Gasteiger partial charge < -0.3 is 4.74 Å². The number of hydrogen-bond acceptors (Lipinski definition) is 3. The number of aromatic nitrogens is 1. The summed E-state index contributed by atoms with van der Waals surface area (Å²) < 4.78 is 5.14. The van der Waals surface area contributed by atoms with Crippen LogP contribution in [0.4, 0.5) is 0 Å². The molecule has 0 spiro atoms. The average Bonchev–Trinajstić information content (AvgIpc) is 2.45. The van der Waals surface area contributed by atoms with Crippen molar-refractivity contribution in [2.75, 3.05) is 6.61 Å². The van der Waals surface area contributed by atoms with Gasteiger partial charge in [-0.3, -0.25) is 4.98 Å². The first kappa shape index (κ1) is 14.0. The number of pyridine rings is 1. The van der Waals surface area contributed by atoms with Gasteiger partial charge in [-0.25, -0.2) is 4.79 Å². The summed E-state index contributed by atoms with van der Waals surface area (Å²) in [6.45, 7) is 6.51. The van der Waals surface area contributed by atoms with Crippen LogP contribution >= 0.6 is 0 Å². The van der Waals surface area contributed by atoms with Crippen molar-refractivity contribution in [3.63, 3.8) is 0 Å². The Morgan fingerprint density at radius 1 is 1.42 bits per heavy atom. The van der Waals surface area contributed by atoms with E-state index < -0.39 is 0 Å². The molecule has 1 aromatic heterocycles. The van der Waals surface area contributed by atoms with Crippen molar-refractivity contribution >= 4 is 5.97 Å². The van der Waals surface area contributed by atoms with Gasteiger partial charge in [0.25, 0.3) is 0 Å². The fourth-order valence-electron chi connectivity index (χ4n) is 2.89. The lowest BCUT2D eigenvalue weighted by Crippen LogP contribution is -2.17. The standard InChI is InChI=1S/C16H23NO2/c1-4-11-8-7-9-12-10-13(16(18)19-6-3)14(5-2)17-15(11)12/h10-11H,4-9H2,1-3H3. The van der Waals surface area contributed by atoms with E-state index in [4.69, 9.17) is 9.72 Å². The van der Waals surface area contributed by atoms with E-state index >= 15 is 0 Å². The predicted molar refractivity (Wildman–Crippen MR) is 75.5 cm³/mol. The summed E-state index contributed by atoms with van der Waals surface area (Å²) in [6.07, 6.45) is 5.36. The molecule has 104 valence electrons. The number of carbonyl (C=O) groups excluding carboxylic acids is 1. The van der Waals surface area contributed by atoms with Crippen LogP contribution in [0.1, 0.15) is 73.3 Å². The Morgan fingerprint density at radius 3 is 2.84 bits per heavy atom. The van der Waals surface area contributed by atoms with Gasteiger partial charge in [0.1, 0.15) is 0 Å². The predicted octanol–water partition coefficient (Wildman–Crippen LogP) is 3.65. The molecule has 1 aromatic rings. The van der Waals surface area contributed by atoms with Crippen LogP contribution in [0, 0.1) is 0 Å². The SMILES string of the molecule is CCOC(=O)c1cc2c(nc1CC)C(CC)CCC2. The van der Waals surface area contributed by atoms with E-state index in [1.165, 1.54) is 24.1 Å². The number of ether oxygens (including phenoxy) is 1. The molecule has 1 aliphatic carbocycles. The highest BCUT2D eigenvalue weighted by Crippen LogP contribution is 2.33. The van der Waals surface area contributed by atoms with E-state index in [1.807, 2.05) is 19.9 Å². The minimum atomic E-state index is -0.228. The molecule has 0 amide bonds. The van der Waals surface area contributed by atoms with Gasteiger partial charge in [0.2, 0.25) is 0 Å². The van der Waals surface area contributed by atoms with E-state index in [-0.39, 0.29) is 5.97 Å². The summed E-state index contributed by atoms with van der Waals surface area (Å²) in [5.41, 5.74) is 4.02. The molecule has 0 aliphatic heterocycles. The molecule has 3 nitrogen and oxygen atoms in total. The molecule has 1 heterocycles. The molecule has 0 saturated carbocycles. The van der Waals surface area contributed by atoms with Gasteiger partial charge in [-0.15, -0.1) is 0 Å². The van der Waals surface area contributed by atoms with Crippen LogP contribution in [0.15, 0.2) is 6.07 Å². The molecule has 0 aromatic carbocycles. The second kappa shape index (κ2) is 6.18. The largest absolute Gasteiger partial charge is 0.462 e. The summed E-state index contributed by atoms with van der Waals surface area (Å²) in [4.78, 5) is 16.8. The van der Waals surface area contributed by atoms with Crippen molar-refractivity contribution in [3.05, 3.63) is 28.6 Å². The third-order valence-electron chi connectivity index (χ3n) is 3.92. The first-order valence-corrected chi connectivity index (χ1v) is 7.41. The molecule has 19 heavy (non-hydrogen) atoms. The number of rotatable bonds is 4. The highest BCUT2D eigenvalue weighted by atomic mass is 16.5. The number of esters is 1. The summed E-state index contributed by atoms with van der Waals surface area (Å²) in [5, 5.41) is 0. The van der Waals surface area contributed by atoms with Crippen molar-refractivity contribution in [2.45, 2.75) is 58.8 Å². The topological polar surface area (TPSA) is 39.2 Å². The molecular formula is C16H23NO2. The molecule has 1 aliphatic rings. The summed E-state index contributed by atoms with van der Waals surface area (Å²) >= 11 is 0. The smallest absolute Gasteiger partial charge is 0.339 e. The zero-order valence-electron chi connectivity index (χ0n) is 12.2. The first-order chi connectivity index (χ1) is 9.21. The van der Waals surface area contributed by atoms with Crippen LogP contribution in [0.2, 0.25) is 0 Å². The van der Waals surface area contributed by atoms with Gasteiger partial charge in [-0.05, 0) is 50.7 Å². The molecule has 2 rings (SSSR count). The van der Waals surface area contributed by atoms with Crippen LogP contribution < -0.4 is 0 Å². The molecule has 0 bridgehead atoms. The molecule has 1 unspecified atom stereocenters. The fraction of sp³-hybridized carbons (Fsp3) is 0.625. The minimum absolute atomic E-state index is 0.228. The normalized spacial score (nSPS) is 17.9. The fourth-order valence-corrected chi connectivity index (χ4v) is 2.89. The minimum Gasteiger partial charge on any atom is -0.462 e. The Balaban J connectivity index is 2.44. The molecule has 0 fully saturated rings. The number of hydrogen-bond donors (Lipinski definition) is 0. The van der Waals surface area contributed by atoms with Crippen LogP contribution in [-0.2, 0) is 17.6 Å². The highest BCUT2D eigenvalue weighted by molar-refractivity contribution is 5.91. The van der Waals surface area contributed by atoms with Gasteiger partial charge in [0, 0.05) is 11.6 Å². The van der Waals surface area contributed by atoms with Crippen LogP contribution in [-0.4, -0.2) is 17.6 Å². The van der Waals surface area contributed by atoms with Crippen molar-refractivity contribution in [1.29, 1.82) is 0 Å². The van der Waals surface area contributed by atoms with Gasteiger partial charge >= 0.3 is 5.97 Å². The molecule has 0 radical (unpaired) electrons. The summed E-state index contributed by atoms with van der Waals surface area (Å²) in [5.74, 6) is 0.332. The number of aryl methyl sites for hydroxylation is 2. The van der Waals surface area contributed by atoms with Gasteiger partial charge in [0.15, 0.2) is 0 Å². The van der Waals surface area contributed by atoms with E-state index in [9.17, 15) is 4.79 Å². The van der Waals surface area contributed by atoms with Gasteiger partial charge in [-0.2, -0.15) is 0 Å². The van der Waals surface area contributed by atoms with Crippen LogP contribution in [0.25, 0.3) is 0 Å². The molecule has 3 heteroatoms. The quantitative estimate of drug-likeness (QED) is 0.777. The lowest BCUT2D eigenvalue weighted by atomic mass is 9.84. The monoisotopic (exact) mass is 261 g/mol. The highest BCUT2D eigenvalue weighted by Gasteiger charge is 2.24. The van der Waals surface area contributed by atoms with E-state index in [0.29, 0.717) is 18.1 Å². The lowest BCUT2D eigenvalue weighted by molar-refractivity contribution is 0.0524. The average molecular weight is 261 g/mol. The number of carbonyl (C=O) groups is 1. The third kappa shape index (κ3) is 2.80. The second-order valence-electron chi connectivity index (χ2n) is 5.10. The molecular weight excluding hydrogens is 238 g/mol. The molecule has 0 saturated heterocycles. The molecule has 1 atom stereocenters. The van der Waals surface area contributed by atoms with Gasteiger partial charge in [-0.1, -0.05) is 13.8 Å². The van der Waals surface area contributed by atoms with E-state index in [1.54, 1.807) is 0 Å². The van der Waals surface area contributed by atoms with Crippen LogP contribution in [0.5, 0.6) is 0 Å². The van der Waals surface area contributed by atoms with E-state index in [2.05, 4.69) is 6.92 Å². The summed E-state index contributed by atoms with van der Waals surface area (Å²) in [6, 6.07) is 2.03. The van der Waals surface area contributed by atoms with Crippen molar-refractivity contribution in [3.8, 4) is 0 Å². The Kier molecular flexibility index (Phi) is 4.56. The Bertz CT molecular complexity index is 468. The Labute approximate surface area is 115 Å². The maximum Gasteiger partial charge on any atom is 0.339 e. The van der Waals surface area contributed by atoms with Crippen LogP contribution in [0.3, 0.4) is 0 Å². The zero-order chi connectivity index (χ0) is 13.8. The van der Waals surface area contributed by atoms with E-state index in [0.717, 1.165) is 25.0 Å². The molecule has 0 N–H and O–H groups in total. The number of nitrogens with zero attached hydrogens (tertiary/aromatic N) is 1. The summed E-state index contributed by atoms with van der Waals surface area (Å²) in [7, 11) is 0. The van der Waals surface area contributed by atoms with Gasteiger partial charge in [0.05, 0.1) is 17.9 Å². The number of fused-ring (bicyclic) bond motifs is 1. The van der Waals surface area contributed by atoms with Crippen molar-refractivity contribution in [2.24, 2.45) is 0 Å². The van der Waals surface area contributed by atoms with Crippen molar-refractivity contribution < 1.29 is 9.53 Å². The second-order valence-corrected chi connectivity index (χ2v) is 5.10. The third-order valence-corrected chi connectivity index (χ3v) is 3.92. The first-order valence-electron chi connectivity index (χ1n) is 7.41. The Hall–Kier alpha value is -1.38. The lowest BCUT2D eigenvalue weighted by Gasteiger charge is -2.25. The van der Waals surface area contributed by atoms with Crippen molar-refractivity contribution in [1.82, 2.24) is 4.98 Å². The maximum absolute atomic E-state index is 12.0. The maximum atomic E-state index is 12.0. The Morgan fingerprint density at radius 2 is 2.21 bits per heavy atom. The zero-order valence-corrected chi connectivity index (χ0v) is 12.2.